The van der Waals surface area contributed by atoms with Crippen molar-refractivity contribution in [2.75, 3.05) is 13.1 Å². The number of rotatable bonds is 10. The Morgan fingerprint density at radius 3 is 1.92 bits per heavy atom. The van der Waals surface area contributed by atoms with Crippen LogP contribution < -0.4 is 10.6 Å². The van der Waals surface area contributed by atoms with Gasteiger partial charge in [-0.1, -0.05) is 26.0 Å². The third kappa shape index (κ3) is 6.02. The zero-order chi connectivity index (χ0) is 18.9. The molecule has 0 spiro atoms. The van der Waals surface area contributed by atoms with Crippen molar-refractivity contribution in [1.29, 1.82) is 0 Å². The minimum atomic E-state index is -1.03. The number of nitrogens with zero attached hydrogens (tertiary/aromatic N) is 2. The molecule has 0 radical (unpaired) electrons. The predicted octanol–water partition coefficient (Wildman–Crippen LogP) is 1.89. The predicted molar refractivity (Wildman–Crippen MR) is 98.0 cm³/mol. The molecule has 138 valence electrons. The Labute approximate surface area is 152 Å². The SMILES string of the molecule is CC(C)C(=O)c1cccc(CNCCNCc2cccc(C(=O)O)n2)n1. The lowest BCUT2D eigenvalue weighted by Crippen LogP contribution is -2.27. The van der Waals surface area contributed by atoms with Gasteiger partial charge in [-0.3, -0.25) is 4.79 Å². The number of hydrogen-bond acceptors (Lipinski definition) is 6. The summed E-state index contributed by atoms with van der Waals surface area (Å²) in [7, 11) is 0. The van der Waals surface area contributed by atoms with Crippen LogP contribution in [-0.4, -0.2) is 39.9 Å². The van der Waals surface area contributed by atoms with Crippen molar-refractivity contribution in [3.05, 3.63) is 59.2 Å². The highest BCUT2D eigenvalue weighted by Gasteiger charge is 2.12. The van der Waals surface area contributed by atoms with Crippen LogP contribution in [0.1, 0.15) is 46.2 Å². The van der Waals surface area contributed by atoms with Gasteiger partial charge in [-0.2, -0.15) is 0 Å². The largest absolute Gasteiger partial charge is 0.477 e. The van der Waals surface area contributed by atoms with E-state index in [2.05, 4.69) is 20.6 Å². The number of pyridine rings is 2. The molecule has 7 heteroatoms. The van der Waals surface area contributed by atoms with Crippen LogP contribution >= 0.6 is 0 Å². The number of aromatic nitrogens is 2. The highest BCUT2D eigenvalue weighted by molar-refractivity contribution is 5.95. The summed E-state index contributed by atoms with van der Waals surface area (Å²) in [5.41, 5.74) is 2.06. The average molecular weight is 356 g/mol. The number of carboxylic acids is 1. The normalized spacial score (nSPS) is 10.9. The van der Waals surface area contributed by atoms with Crippen molar-refractivity contribution >= 4 is 11.8 Å². The molecule has 0 unspecified atom stereocenters. The Hall–Kier alpha value is -2.64. The number of carbonyl (C=O) groups is 2. The van der Waals surface area contributed by atoms with Gasteiger partial charge in [0.2, 0.25) is 0 Å². The number of carbonyl (C=O) groups excluding carboxylic acids is 1. The van der Waals surface area contributed by atoms with Gasteiger partial charge in [-0.15, -0.1) is 0 Å². The molecule has 0 saturated heterocycles. The van der Waals surface area contributed by atoms with E-state index >= 15 is 0 Å². The van der Waals surface area contributed by atoms with E-state index in [4.69, 9.17) is 5.11 Å². The summed E-state index contributed by atoms with van der Waals surface area (Å²) in [6, 6.07) is 10.4. The third-order valence-electron chi connectivity index (χ3n) is 3.70. The van der Waals surface area contributed by atoms with E-state index in [0.717, 1.165) is 5.69 Å². The summed E-state index contributed by atoms with van der Waals surface area (Å²) < 4.78 is 0. The van der Waals surface area contributed by atoms with E-state index in [-0.39, 0.29) is 17.4 Å². The van der Waals surface area contributed by atoms with Gasteiger partial charge in [-0.05, 0) is 24.3 Å². The van der Waals surface area contributed by atoms with E-state index in [0.29, 0.717) is 37.6 Å². The summed E-state index contributed by atoms with van der Waals surface area (Å²) in [5.74, 6) is -1.05. The Bertz CT molecular complexity index is 762. The van der Waals surface area contributed by atoms with Gasteiger partial charge >= 0.3 is 5.97 Å². The maximum Gasteiger partial charge on any atom is 0.354 e. The van der Waals surface area contributed by atoms with E-state index < -0.39 is 5.97 Å². The fourth-order valence-corrected chi connectivity index (χ4v) is 2.32. The summed E-state index contributed by atoms with van der Waals surface area (Å²) in [6.45, 7) is 6.21. The molecule has 2 aromatic heterocycles. The second kappa shape index (κ2) is 9.74. The molecular weight excluding hydrogens is 332 g/mol. The van der Waals surface area contributed by atoms with Crippen LogP contribution in [0.25, 0.3) is 0 Å². The van der Waals surface area contributed by atoms with Crippen LogP contribution in [-0.2, 0) is 13.1 Å². The minimum Gasteiger partial charge on any atom is -0.477 e. The summed E-state index contributed by atoms with van der Waals surface area (Å²) in [4.78, 5) is 31.3. The molecule has 0 aliphatic rings. The van der Waals surface area contributed by atoms with Gasteiger partial charge in [0.05, 0.1) is 11.4 Å². The number of nitrogens with one attached hydrogen (secondary N) is 2. The molecule has 0 aromatic carbocycles. The van der Waals surface area contributed by atoms with Gasteiger partial charge in [-0.25, -0.2) is 14.8 Å². The zero-order valence-electron chi connectivity index (χ0n) is 15.0. The maximum atomic E-state index is 12.0. The molecule has 0 aliphatic carbocycles. The molecule has 0 amide bonds. The van der Waals surface area contributed by atoms with Gasteiger partial charge in [0.15, 0.2) is 5.78 Å². The Kier molecular flexibility index (Phi) is 7.37. The third-order valence-corrected chi connectivity index (χ3v) is 3.70. The maximum absolute atomic E-state index is 12.0. The fraction of sp³-hybridized carbons (Fsp3) is 0.368. The Morgan fingerprint density at radius 2 is 1.42 bits per heavy atom. The highest BCUT2D eigenvalue weighted by Crippen LogP contribution is 2.06. The standard InChI is InChI=1S/C19H24N4O3/c1-13(2)18(24)16-7-3-5-14(22-16)11-20-9-10-21-12-15-6-4-8-17(23-15)19(25)26/h3-8,13,20-21H,9-12H2,1-2H3,(H,25,26). The smallest absolute Gasteiger partial charge is 0.354 e. The van der Waals surface area contributed by atoms with Crippen molar-refractivity contribution in [1.82, 2.24) is 20.6 Å². The highest BCUT2D eigenvalue weighted by atomic mass is 16.4. The molecular formula is C19H24N4O3. The molecule has 0 aliphatic heterocycles. The van der Waals surface area contributed by atoms with Crippen molar-refractivity contribution < 1.29 is 14.7 Å². The van der Waals surface area contributed by atoms with E-state index in [1.54, 1.807) is 18.2 Å². The van der Waals surface area contributed by atoms with E-state index in [9.17, 15) is 9.59 Å². The first-order valence-electron chi connectivity index (χ1n) is 8.58. The molecule has 0 atom stereocenters. The monoisotopic (exact) mass is 356 g/mol. The van der Waals surface area contributed by atoms with Gasteiger partial charge in [0.25, 0.3) is 0 Å². The molecule has 26 heavy (non-hydrogen) atoms. The van der Waals surface area contributed by atoms with Crippen molar-refractivity contribution in [3.8, 4) is 0 Å². The van der Waals surface area contributed by atoms with Crippen LogP contribution in [0.3, 0.4) is 0 Å². The van der Waals surface area contributed by atoms with Crippen LogP contribution in [0.15, 0.2) is 36.4 Å². The van der Waals surface area contributed by atoms with Gasteiger partial charge < -0.3 is 15.7 Å². The molecule has 0 bridgehead atoms. The van der Waals surface area contributed by atoms with Crippen molar-refractivity contribution in [3.63, 3.8) is 0 Å². The van der Waals surface area contributed by atoms with Crippen LogP contribution in [0.2, 0.25) is 0 Å². The van der Waals surface area contributed by atoms with E-state index in [1.165, 1.54) is 6.07 Å². The van der Waals surface area contributed by atoms with Crippen LogP contribution in [0.4, 0.5) is 0 Å². The minimum absolute atomic E-state index is 0.0457. The number of hydrogen-bond donors (Lipinski definition) is 3. The Balaban J connectivity index is 1.71. The topological polar surface area (TPSA) is 104 Å². The second-order valence-electron chi connectivity index (χ2n) is 6.21. The quantitative estimate of drug-likeness (QED) is 0.441. The summed E-state index contributed by atoms with van der Waals surface area (Å²) in [6.07, 6.45) is 0. The van der Waals surface area contributed by atoms with Gasteiger partial charge in [0, 0.05) is 32.1 Å². The molecule has 7 nitrogen and oxygen atoms in total. The average Bonchev–Trinajstić information content (AvgIpc) is 2.64. The molecule has 2 rings (SSSR count). The van der Waals surface area contributed by atoms with Gasteiger partial charge in [0.1, 0.15) is 11.4 Å². The molecule has 0 fully saturated rings. The van der Waals surface area contributed by atoms with Crippen LogP contribution in [0, 0.1) is 5.92 Å². The van der Waals surface area contributed by atoms with E-state index in [1.807, 2.05) is 26.0 Å². The van der Waals surface area contributed by atoms with Crippen molar-refractivity contribution in [2.24, 2.45) is 5.92 Å². The molecule has 3 N–H and O–H groups in total. The fourth-order valence-electron chi connectivity index (χ4n) is 2.32. The number of ketones is 1. The summed E-state index contributed by atoms with van der Waals surface area (Å²) in [5, 5.41) is 15.4. The lowest BCUT2D eigenvalue weighted by atomic mass is 10.1. The number of aromatic carboxylic acids is 1. The number of Topliss-reactive ketones (excluding diaryl/α,β-unsaturated/α-hetero) is 1. The first kappa shape index (κ1) is 19.7. The molecule has 0 saturated carbocycles. The van der Waals surface area contributed by atoms with Crippen molar-refractivity contribution in [2.45, 2.75) is 26.9 Å². The molecule has 2 heterocycles. The second-order valence-corrected chi connectivity index (χ2v) is 6.21. The molecule has 2 aromatic rings. The Morgan fingerprint density at radius 1 is 0.923 bits per heavy atom. The van der Waals surface area contributed by atoms with Crippen LogP contribution in [0.5, 0.6) is 0 Å². The number of carboxylic acid groups (broad SMARTS) is 1. The first-order chi connectivity index (χ1) is 12.5. The zero-order valence-corrected chi connectivity index (χ0v) is 15.0. The summed E-state index contributed by atoms with van der Waals surface area (Å²) >= 11 is 0. The first-order valence-corrected chi connectivity index (χ1v) is 8.58. The lowest BCUT2D eigenvalue weighted by Gasteiger charge is -2.08. The lowest BCUT2D eigenvalue weighted by molar-refractivity contribution is 0.0690.